The monoisotopic (exact) mass is 851 g/mol. The zero-order valence-corrected chi connectivity index (χ0v) is 30.9. The molecule has 0 amide bonds. The summed E-state index contributed by atoms with van der Waals surface area (Å²) < 4.78 is 8.95. The topological polar surface area (TPSA) is 28.6 Å². The number of para-hydroxylation sites is 3. The summed E-state index contributed by atoms with van der Waals surface area (Å²) in [5, 5.41) is 7.48. The molecule has 0 atom stereocenters. The molecule has 3 aromatic heterocycles. The largest absolute Gasteiger partial charge is 0.493 e. The molecule has 5 aromatic carbocycles. The summed E-state index contributed by atoms with van der Waals surface area (Å²) in [6, 6.07) is 45.4. The van der Waals surface area contributed by atoms with E-state index < -0.39 is 0 Å². The molecular formula is C42H30N3OPtS2-3. The van der Waals surface area contributed by atoms with E-state index in [9.17, 15) is 0 Å². The number of aromatic nitrogens is 1. The standard InChI is InChI=1S/C42H30N3OS2.Pt/c1-42(2,3)29-16-18-43-35(23-29)41-33-20-27-17-19-47-38(27)21-28(33)22-39-34(41)25-40(48-39)46-32-13-9-12-31(24-32)45-26-44(30-10-5-4-6-11-30)36-14-7-8-15-37(36)45;/h4-23,26H,1-3H3;/q-3;. The van der Waals surface area contributed by atoms with Crippen LogP contribution in [0.5, 0.6) is 10.8 Å². The Labute approximate surface area is 308 Å². The zero-order valence-electron chi connectivity index (χ0n) is 27.0. The average molecular weight is 852 g/mol. The van der Waals surface area contributed by atoms with Crippen LogP contribution in [0.2, 0.25) is 0 Å². The van der Waals surface area contributed by atoms with Crippen molar-refractivity contribution >= 4 is 76.4 Å². The van der Waals surface area contributed by atoms with Crippen LogP contribution in [0.1, 0.15) is 26.3 Å². The molecule has 7 heteroatoms. The van der Waals surface area contributed by atoms with Gasteiger partial charge < -0.3 is 14.5 Å². The van der Waals surface area contributed by atoms with Gasteiger partial charge in [-0.25, -0.2) is 0 Å². The van der Waals surface area contributed by atoms with Crippen LogP contribution in [-0.2, 0) is 26.5 Å². The van der Waals surface area contributed by atoms with Crippen LogP contribution in [0.4, 0.5) is 22.7 Å². The van der Waals surface area contributed by atoms with E-state index in [1.54, 1.807) is 22.7 Å². The summed E-state index contributed by atoms with van der Waals surface area (Å²) in [5.74, 6) is 0.638. The minimum atomic E-state index is 0. The summed E-state index contributed by atoms with van der Waals surface area (Å²) in [5.41, 5.74) is 7.50. The fourth-order valence-corrected chi connectivity index (χ4v) is 8.19. The molecule has 0 unspecified atom stereocenters. The van der Waals surface area contributed by atoms with Gasteiger partial charge in [-0.05, 0) is 75.7 Å². The molecule has 244 valence electrons. The van der Waals surface area contributed by atoms with Crippen LogP contribution in [0.3, 0.4) is 0 Å². The summed E-state index contributed by atoms with van der Waals surface area (Å²) in [4.78, 5) is 9.28. The van der Waals surface area contributed by atoms with E-state index in [2.05, 4.69) is 146 Å². The Hall–Kier alpha value is -4.48. The van der Waals surface area contributed by atoms with Crippen molar-refractivity contribution < 1.29 is 25.8 Å². The molecule has 0 bridgehead atoms. The molecule has 0 fully saturated rings. The van der Waals surface area contributed by atoms with Crippen LogP contribution in [0, 0.1) is 18.8 Å². The minimum absolute atomic E-state index is 0. The summed E-state index contributed by atoms with van der Waals surface area (Å²) >= 11 is 3.38. The van der Waals surface area contributed by atoms with Gasteiger partial charge in [0.25, 0.3) is 0 Å². The second-order valence-electron chi connectivity index (χ2n) is 13.0. The number of hydrogen-bond donors (Lipinski definition) is 0. The predicted octanol–water partition coefficient (Wildman–Crippen LogP) is 12.4. The molecule has 0 spiro atoms. The summed E-state index contributed by atoms with van der Waals surface area (Å²) in [6.07, 6.45) is 1.93. The molecule has 8 aromatic rings. The van der Waals surface area contributed by atoms with E-state index in [0.717, 1.165) is 44.1 Å². The van der Waals surface area contributed by atoms with Crippen LogP contribution in [0.15, 0.2) is 121 Å². The molecule has 9 rings (SSSR count). The van der Waals surface area contributed by atoms with Crippen LogP contribution < -0.4 is 14.5 Å². The summed E-state index contributed by atoms with van der Waals surface area (Å²) in [7, 11) is 0. The normalized spacial score (nSPS) is 12.9. The molecule has 49 heavy (non-hydrogen) atoms. The third-order valence-electron chi connectivity index (χ3n) is 8.87. The fourth-order valence-electron chi connectivity index (χ4n) is 6.44. The fraction of sp³-hybridized carbons (Fsp3) is 0.0952. The van der Waals surface area contributed by atoms with Gasteiger partial charge in [-0.2, -0.15) is 22.8 Å². The Kier molecular flexibility index (Phi) is 8.07. The van der Waals surface area contributed by atoms with Crippen molar-refractivity contribution in [2.45, 2.75) is 26.2 Å². The number of ether oxygens (including phenoxy) is 1. The second kappa shape index (κ2) is 12.4. The zero-order chi connectivity index (χ0) is 32.4. The smallest absolute Gasteiger partial charge is 0.107 e. The number of benzene rings is 5. The molecule has 0 saturated heterocycles. The first-order chi connectivity index (χ1) is 23.4. The van der Waals surface area contributed by atoms with Crippen LogP contribution in [0.25, 0.3) is 42.2 Å². The first-order valence-corrected chi connectivity index (χ1v) is 17.6. The molecule has 0 radical (unpaired) electrons. The van der Waals surface area contributed by atoms with Gasteiger partial charge in [0, 0.05) is 60.5 Å². The van der Waals surface area contributed by atoms with Crippen LogP contribution >= 0.6 is 22.7 Å². The third-order valence-corrected chi connectivity index (χ3v) is 10.7. The number of rotatable bonds is 5. The molecule has 0 saturated carbocycles. The Bertz CT molecular complexity index is 2480. The number of fused-ring (bicyclic) bond motifs is 4. The van der Waals surface area contributed by atoms with Gasteiger partial charge in [-0.3, -0.25) is 4.98 Å². The third kappa shape index (κ3) is 5.72. The Morgan fingerprint density at radius 2 is 1.53 bits per heavy atom. The maximum atomic E-state index is 6.56. The van der Waals surface area contributed by atoms with E-state index in [1.165, 1.54) is 26.4 Å². The SMILES string of the molecule is CC(C)(C)c1ccnc(-c2c3[c-]c(Oc4[c-]c(N5[CH-]N(c6ccccc6)c6ccccc65)ccc4)sc3cc3cc4sccc4cc23)c1.[Pt]. The number of nitrogens with zero attached hydrogens (tertiary/aromatic N) is 3. The van der Waals surface area contributed by atoms with E-state index >= 15 is 0 Å². The molecule has 1 aliphatic heterocycles. The summed E-state index contributed by atoms with van der Waals surface area (Å²) in [6.45, 7) is 8.84. The van der Waals surface area contributed by atoms with E-state index in [0.29, 0.717) is 10.8 Å². The molecule has 4 heterocycles. The number of hydrogen-bond acceptors (Lipinski definition) is 6. The number of pyridine rings is 1. The van der Waals surface area contributed by atoms with Gasteiger partial charge in [0.05, 0.1) is 0 Å². The van der Waals surface area contributed by atoms with Gasteiger partial charge in [0.2, 0.25) is 0 Å². The molecular weight excluding hydrogens is 822 g/mol. The van der Waals surface area contributed by atoms with Crippen molar-refractivity contribution in [2.24, 2.45) is 0 Å². The van der Waals surface area contributed by atoms with Crippen molar-refractivity contribution in [3.8, 4) is 22.1 Å². The molecule has 0 aliphatic carbocycles. The first kappa shape index (κ1) is 31.8. The van der Waals surface area contributed by atoms with Gasteiger partial charge in [-0.1, -0.05) is 78.9 Å². The van der Waals surface area contributed by atoms with Crippen molar-refractivity contribution in [1.82, 2.24) is 4.98 Å². The Balaban J connectivity index is 0.00000348. The molecule has 0 N–H and O–H groups in total. The second-order valence-corrected chi connectivity index (χ2v) is 15.0. The van der Waals surface area contributed by atoms with E-state index in [-0.39, 0.29) is 26.5 Å². The molecule has 1 aliphatic rings. The first-order valence-electron chi connectivity index (χ1n) is 15.9. The Morgan fingerprint density at radius 3 is 2.35 bits per heavy atom. The molecule has 4 nitrogen and oxygen atoms in total. The van der Waals surface area contributed by atoms with E-state index in [1.807, 2.05) is 24.4 Å². The maximum absolute atomic E-state index is 6.56. The van der Waals surface area contributed by atoms with Gasteiger partial charge in [0.15, 0.2) is 0 Å². The number of thiophene rings is 2. The van der Waals surface area contributed by atoms with Gasteiger partial charge in [0.1, 0.15) is 5.06 Å². The Morgan fingerprint density at radius 1 is 0.755 bits per heavy atom. The average Bonchev–Trinajstić information content (AvgIpc) is 3.83. The van der Waals surface area contributed by atoms with Crippen LogP contribution in [-0.4, -0.2) is 4.98 Å². The quantitative estimate of drug-likeness (QED) is 0.161. The van der Waals surface area contributed by atoms with Crippen molar-refractivity contribution in [2.75, 3.05) is 9.80 Å². The van der Waals surface area contributed by atoms with Gasteiger partial charge in [-0.15, -0.1) is 48.0 Å². The van der Waals surface area contributed by atoms with Crippen molar-refractivity contribution in [1.29, 1.82) is 0 Å². The van der Waals surface area contributed by atoms with Gasteiger partial charge >= 0.3 is 0 Å². The number of anilines is 4. The van der Waals surface area contributed by atoms with Crippen molar-refractivity contribution in [3.05, 3.63) is 145 Å². The maximum Gasteiger partial charge on any atom is 0.107 e. The minimum Gasteiger partial charge on any atom is -0.493 e. The van der Waals surface area contributed by atoms with E-state index in [4.69, 9.17) is 9.72 Å². The van der Waals surface area contributed by atoms with Crippen molar-refractivity contribution in [3.63, 3.8) is 0 Å². The predicted molar refractivity (Wildman–Crippen MR) is 202 cm³/mol.